The summed E-state index contributed by atoms with van der Waals surface area (Å²) < 4.78 is 50.3. The Balaban J connectivity index is 1.77. The van der Waals surface area contributed by atoms with Gasteiger partial charge in [-0.3, -0.25) is 24.8 Å². The van der Waals surface area contributed by atoms with Crippen molar-refractivity contribution in [3.63, 3.8) is 0 Å². The molecule has 3 aromatic rings. The number of fused-ring (bicyclic) bond motifs is 1. The average Bonchev–Trinajstić information content (AvgIpc) is 3.34. The Bertz CT molecular complexity index is 1270. The predicted octanol–water partition coefficient (Wildman–Crippen LogP) is 0.639. The lowest BCUT2D eigenvalue weighted by Gasteiger charge is -2.17. The molecular weight excluding hydrogens is 485 g/mol. The van der Waals surface area contributed by atoms with Crippen LogP contribution in [0, 0.1) is 10.1 Å². The van der Waals surface area contributed by atoms with E-state index >= 15 is 0 Å². The van der Waals surface area contributed by atoms with Gasteiger partial charge in [0, 0.05) is 12.1 Å². The van der Waals surface area contributed by atoms with Crippen LogP contribution in [0.15, 0.2) is 30.6 Å². The Morgan fingerprint density at radius 2 is 1.91 bits per heavy atom. The second-order valence-corrected chi connectivity index (χ2v) is 7.21. The second-order valence-electron chi connectivity index (χ2n) is 7.21. The SMILES string of the molecule is O=C(Nc1nc(Oc2ccc([N+](=O)[O-])cc2)c2ncn([C@@H]3O[C@H](CO)[C@@H](O)[C@H]3O)c2n1)C(F)(F)F. The summed E-state index contributed by atoms with van der Waals surface area (Å²) >= 11 is 0. The average molecular weight is 500 g/mol. The van der Waals surface area contributed by atoms with E-state index in [0.29, 0.717) is 0 Å². The van der Waals surface area contributed by atoms with E-state index in [2.05, 4.69) is 15.0 Å². The number of imidazole rings is 1. The highest BCUT2D eigenvalue weighted by Crippen LogP contribution is 2.35. The lowest BCUT2D eigenvalue weighted by molar-refractivity contribution is -0.384. The number of rotatable bonds is 6. The van der Waals surface area contributed by atoms with Gasteiger partial charge in [0.15, 0.2) is 17.4 Å². The van der Waals surface area contributed by atoms with E-state index in [0.717, 1.165) is 23.0 Å². The van der Waals surface area contributed by atoms with Crippen molar-refractivity contribution in [2.24, 2.45) is 0 Å². The first-order chi connectivity index (χ1) is 16.5. The van der Waals surface area contributed by atoms with E-state index in [1.165, 1.54) is 17.4 Å². The van der Waals surface area contributed by atoms with Gasteiger partial charge in [-0.05, 0) is 12.1 Å². The number of aromatic nitrogens is 4. The first kappa shape index (κ1) is 24.2. The van der Waals surface area contributed by atoms with Crippen molar-refractivity contribution in [1.29, 1.82) is 0 Å². The molecule has 0 radical (unpaired) electrons. The summed E-state index contributed by atoms with van der Waals surface area (Å²) in [7, 11) is 0. The third-order valence-corrected chi connectivity index (χ3v) is 4.93. The second kappa shape index (κ2) is 9.02. The summed E-state index contributed by atoms with van der Waals surface area (Å²) in [5.41, 5.74) is -0.660. The van der Waals surface area contributed by atoms with Crippen molar-refractivity contribution in [2.75, 3.05) is 11.9 Å². The number of halogens is 3. The molecule has 1 aliphatic heterocycles. The standard InChI is InChI=1S/C18H15F3N6O8/c19-18(20,21)16(31)25-17-23-13-10(14(24-17)34-8-3-1-7(2-4-8)27(32)33)22-6-26(13)15-12(30)11(29)9(5-28)35-15/h1-4,6,9,11-12,15,28-30H,5H2,(H,23,24,25,31)/t9-,11-,12-,15-/m1/s1. The maximum Gasteiger partial charge on any atom is 0.471 e. The zero-order valence-corrected chi connectivity index (χ0v) is 17.2. The maximum absolute atomic E-state index is 12.8. The lowest BCUT2D eigenvalue weighted by atomic mass is 10.1. The fourth-order valence-corrected chi connectivity index (χ4v) is 3.23. The van der Waals surface area contributed by atoms with Crippen molar-refractivity contribution < 1.29 is 47.7 Å². The van der Waals surface area contributed by atoms with E-state index in [1.807, 2.05) is 0 Å². The van der Waals surface area contributed by atoms with Gasteiger partial charge in [-0.25, -0.2) is 4.98 Å². The van der Waals surface area contributed by atoms with E-state index < -0.39 is 60.0 Å². The number of nitrogens with zero attached hydrogens (tertiary/aromatic N) is 5. The number of nitro groups is 1. The Morgan fingerprint density at radius 3 is 2.49 bits per heavy atom. The van der Waals surface area contributed by atoms with Gasteiger partial charge >= 0.3 is 12.1 Å². The minimum atomic E-state index is -5.26. The van der Waals surface area contributed by atoms with Crippen LogP contribution in [0.2, 0.25) is 0 Å². The fourth-order valence-electron chi connectivity index (χ4n) is 3.23. The van der Waals surface area contributed by atoms with E-state index in [-0.39, 0.29) is 22.6 Å². The number of non-ortho nitro benzene ring substituents is 1. The molecule has 0 unspecified atom stereocenters. The summed E-state index contributed by atoms with van der Waals surface area (Å²) in [5, 5.41) is 41.9. The fraction of sp³-hybridized carbons (Fsp3) is 0.333. The van der Waals surface area contributed by atoms with Gasteiger partial charge in [0.2, 0.25) is 5.95 Å². The van der Waals surface area contributed by atoms with Crippen LogP contribution in [-0.2, 0) is 9.53 Å². The van der Waals surface area contributed by atoms with Crippen LogP contribution in [0.5, 0.6) is 11.6 Å². The van der Waals surface area contributed by atoms with E-state index in [4.69, 9.17) is 9.47 Å². The number of amides is 1. The summed E-state index contributed by atoms with van der Waals surface area (Å²) in [6.07, 6.45) is -9.80. The minimum Gasteiger partial charge on any atom is -0.437 e. The number of alkyl halides is 3. The Morgan fingerprint density at radius 1 is 1.23 bits per heavy atom. The van der Waals surface area contributed by atoms with Gasteiger partial charge in [-0.2, -0.15) is 23.1 Å². The molecule has 1 aliphatic rings. The van der Waals surface area contributed by atoms with Crippen LogP contribution >= 0.6 is 0 Å². The molecule has 2 aromatic heterocycles. The van der Waals surface area contributed by atoms with Crippen molar-refractivity contribution >= 4 is 28.7 Å². The zero-order valence-electron chi connectivity index (χ0n) is 17.2. The number of hydrogen-bond donors (Lipinski definition) is 4. The normalized spacial score (nSPS) is 22.3. The molecular formula is C18H15F3N6O8. The molecule has 4 atom stereocenters. The van der Waals surface area contributed by atoms with Crippen molar-refractivity contribution in [1.82, 2.24) is 19.5 Å². The van der Waals surface area contributed by atoms with Crippen LogP contribution in [0.25, 0.3) is 11.2 Å². The molecule has 4 N–H and O–H groups in total. The molecule has 4 rings (SSSR count). The maximum atomic E-state index is 12.8. The highest BCUT2D eigenvalue weighted by atomic mass is 19.4. The molecule has 1 fully saturated rings. The predicted molar refractivity (Wildman–Crippen MR) is 106 cm³/mol. The Hall–Kier alpha value is -3.93. The third-order valence-electron chi connectivity index (χ3n) is 4.93. The van der Waals surface area contributed by atoms with Crippen LogP contribution in [-0.4, -0.2) is 76.8 Å². The summed E-state index contributed by atoms with van der Waals surface area (Å²) in [5.74, 6) is -3.67. The van der Waals surface area contributed by atoms with E-state index in [1.54, 1.807) is 0 Å². The van der Waals surface area contributed by atoms with Gasteiger partial charge in [0.25, 0.3) is 11.6 Å². The molecule has 35 heavy (non-hydrogen) atoms. The molecule has 1 aromatic carbocycles. The number of hydrogen-bond acceptors (Lipinski definition) is 11. The van der Waals surface area contributed by atoms with Crippen molar-refractivity contribution in [3.05, 3.63) is 40.7 Å². The molecule has 0 bridgehead atoms. The molecule has 186 valence electrons. The molecule has 0 aliphatic carbocycles. The van der Waals surface area contributed by atoms with Gasteiger partial charge < -0.3 is 24.8 Å². The molecule has 3 heterocycles. The molecule has 14 nitrogen and oxygen atoms in total. The van der Waals surface area contributed by atoms with Gasteiger partial charge in [-0.15, -0.1) is 0 Å². The topological polar surface area (TPSA) is 195 Å². The third kappa shape index (κ3) is 4.69. The summed E-state index contributed by atoms with van der Waals surface area (Å²) in [6, 6.07) is 4.61. The highest BCUT2D eigenvalue weighted by Gasteiger charge is 2.44. The monoisotopic (exact) mass is 500 g/mol. The van der Waals surface area contributed by atoms with Gasteiger partial charge in [-0.1, -0.05) is 0 Å². The first-order valence-corrected chi connectivity index (χ1v) is 9.67. The van der Waals surface area contributed by atoms with E-state index in [9.17, 15) is 43.4 Å². The number of anilines is 1. The molecule has 0 saturated carbocycles. The minimum absolute atomic E-state index is 0.00818. The van der Waals surface area contributed by atoms with Crippen molar-refractivity contribution in [2.45, 2.75) is 30.7 Å². The van der Waals surface area contributed by atoms with Crippen LogP contribution in [0.3, 0.4) is 0 Å². The molecule has 0 spiro atoms. The number of nitro benzene ring substituents is 1. The van der Waals surface area contributed by atoms with Crippen LogP contribution in [0.4, 0.5) is 24.8 Å². The summed E-state index contributed by atoms with van der Waals surface area (Å²) in [4.78, 5) is 33.2. The number of ether oxygens (including phenoxy) is 2. The summed E-state index contributed by atoms with van der Waals surface area (Å²) in [6.45, 7) is -0.641. The van der Waals surface area contributed by atoms with Gasteiger partial charge in [0.1, 0.15) is 24.1 Å². The number of benzene rings is 1. The number of aliphatic hydroxyl groups is 3. The first-order valence-electron chi connectivity index (χ1n) is 9.67. The van der Waals surface area contributed by atoms with Crippen LogP contribution in [0.1, 0.15) is 6.23 Å². The smallest absolute Gasteiger partial charge is 0.437 e. The molecule has 1 amide bonds. The van der Waals surface area contributed by atoms with Crippen molar-refractivity contribution in [3.8, 4) is 11.6 Å². The molecule has 1 saturated heterocycles. The zero-order chi connectivity index (χ0) is 25.5. The Kier molecular flexibility index (Phi) is 6.24. The lowest BCUT2D eigenvalue weighted by Crippen LogP contribution is -2.33. The van der Waals surface area contributed by atoms with Crippen LogP contribution < -0.4 is 10.1 Å². The largest absolute Gasteiger partial charge is 0.471 e. The molecule has 17 heteroatoms. The number of carbonyl (C=O) groups excluding carboxylic acids is 1. The number of carbonyl (C=O) groups is 1. The quantitative estimate of drug-likeness (QED) is 0.274. The Labute approximate surface area is 191 Å². The highest BCUT2D eigenvalue weighted by molar-refractivity contribution is 5.94. The van der Waals surface area contributed by atoms with Gasteiger partial charge in [0.05, 0.1) is 17.9 Å². The number of aliphatic hydroxyl groups excluding tert-OH is 3. The number of nitrogens with one attached hydrogen (secondary N) is 1.